The third kappa shape index (κ3) is 5.06. The zero-order valence-corrected chi connectivity index (χ0v) is 14.3. The first-order chi connectivity index (χ1) is 9.44. The van der Waals surface area contributed by atoms with Crippen molar-refractivity contribution >= 4 is 15.9 Å². The fourth-order valence-corrected chi connectivity index (χ4v) is 2.84. The van der Waals surface area contributed by atoms with E-state index in [2.05, 4.69) is 53.1 Å². The van der Waals surface area contributed by atoms with E-state index in [4.69, 9.17) is 4.74 Å². The molecule has 0 atom stereocenters. The second kappa shape index (κ2) is 6.90. The highest BCUT2D eigenvalue weighted by atomic mass is 79.9. The average molecular weight is 341 g/mol. The molecule has 0 aliphatic heterocycles. The first-order valence-corrected chi connectivity index (χ1v) is 8.25. The number of aromatic nitrogens is 1. The number of nitrogens with one attached hydrogen (secondary N) is 1. The van der Waals surface area contributed by atoms with Gasteiger partial charge in [0.2, 0.25) is 5.88 Å². The van der Waals surface area contributed by atoms with Crippen molar-refractivity contribution in [3.63, 3.8) is 0 Å². The van der Waals surface area contributed by atoms with Crippen LogP contribution >= 0.6 is 15.9 Å². The van der Waals surface area contributed by atoms with Crippen molar-refractivity contribution in [2.75, 3.05) is 6.61 Å². The van der Waals surface area contributed by atoms with Gasteiger partial charge >= 0.3 is 0 Å². The lowest BCUT2D eigenvalue weighted by Crippen LogP contribution is -2.35. The van der Waals surface area contributed by atoms with Gasteiger partial charge in [-0.15, -0.1) is 0 Å². The molecule has 0 radical (unpaired) electrons. The molecule has 3 nitrogen and oxygen atoms in total. The summed E-state index contributed by atoms with van der Waals surface area (Å²) in [6.45, 7) is 8.07. The van der Waals surface area contributed by atoms with Crippen LogP contribution in [0.2, 0.25) is 0 Å². The van der Waals surface area contributed by atoms with Gasteiger partial charge in [-0.1, -0.05) is 12.8 Å². The standard InChI is InChI=1S/C16H25BrN2O/c1-16(2,3)19-9-13-8-14(17)10-18-15(13)20-11-12-6-4-5-7-12/h8,10,12,19H,4-7,9,11H2,1-3H3. The average Bonchev–Trinajstić information content (AvgIpc) is 2.87. The summed E-state index contributed by atoms with van der Waals surface area (Å²) in [5.41, 5.74) is 1.21. The molecule has 1 aliphatic rings. The second-order valence-electron chi connectivity index (χ2n) is 6.68. The molecule has 1 heterocycles. The van der Waals surface area contributed by atoms with Crippen molar-refractivity contribution in [3.8, 4) is 5.88 Å². The third-order valence-electron chi connectivity index (χ3n) is 3.63. The summed E-state index contributed by atoms with van der Waals surface area (Å²) in [4.78, 5) is 4.43. The Morgan fingerprint density at radius 2 is 2.05 bits per heavy atom. The maximum atomic E-state index is 5.97. The van der Waals surface area contributed by atoms with Gasteiger partial charge in [0.15, 0.2) is 0 Å². The van der Waals surface area contributed by atoms with E-state index in [-0.39, 0.29) is 5.54 Å². The second-order valence-corrected chi connectivity index (χ2v) is 7.60. The van der Waals surface area contributed by atoms with E-state index in [9.17, 15) is 0 Å². The fraction of sp³-hybridized carbons (Fsp3) is 0.688. The van der Waals surface area contributed by atoms with E-state index in [1.165, 1.54) is 25.7 Å². The summed E-state index contributed by atoms with van der Waals surface area (Å²) in [5.74, 6) is 1.49. The van der Waals surface area contributed by atoms with Crippen LogP contribution in [0.5, 0.6) is 5.88 Å². The molecular weight excluding hydrogens is 316 g/mol. The molecule has 2 rings (SSSR count). The molecule has 0 aromatic carbocycles. The summed E-state index contributed by atoms with van der Waals surface area (Å²) in [6, 6.07) is 2.09. The molecule has 1 fully saturated rings. The van der Waals surface area contributed by atoms with E-state index in [1.807, 2.05) is 6.20 Å². The van der Waals surface area contributed by atoms with Crippen molar-refractivity contribution in [1.29, 1.82) is 0 Å². The van der Waals surface area contributed by atoms with Gasteiger partial charge in [0.1, 0.15) is 0 Å². The molecule has 1 saturated carbocycles. The molecule has 0 unspecified atom stereocenters. The molecule has 1 aliphatic carbocycles. The largest absolute Gasteiger partial charge is 0.477 e. The van der Waals surface area contributed by atoms with Crippen LogP contribution in [0.25, 0.3) is 0 Å². The highest BCUT2D eigenvalue weighted by molar-refractivity contribution is 9.10. The number of pyridine rings is 1. The van der Waals surface area contributed by atoms with Gasteiger partial charge in [-0.05, 0) is 61.5 Å². The monoisotopic (exact) mass is 340 g/mol. The third-order valence-corrected chi connectivity index (χ3v) is 4.07. The van der Waals surface area contributed by atoms with E-state index in [0.717, 1.165) is 29.1 Å². The summed E-state index contributed by atoms with van der Waals surface area (Å²) in [5, 5.41) is 3.49. The number of halogens is 1. The molecule has 1 aromatic rings. The van der Waals surface area contributed by atoms with Crippen LogP contribution < -0.4 is 10.1 Å². The van der Waals surface area contributed by atoms with E-state index in [1.54, 1.807) is 0 Å². The van der Waals surface area contributed by atoms with Crippen molar-refractivity contribution < 1.29 is 4.74 Å². The predicted octanol–water partition coefficient (Wildman–Crippen LogP) is 4.30. The predicted molar refractivity (Wildman–Crippen MR) is 86.0 cm³/mol. The molecule has 0 spiro atoms. The van der Waals surface area contributed by atoms with Crippen LogP contribution in [0.15, 0.2) is 16.7 Å². The summed E-state index contributed by atoms with van der Waals surface area (Å²) in [7, 11) is 0. The smallest absolute Gasteiger partial charge is 0.217 e. The minimum absolute atomic E-state index is 0.0883. The number of hydrogen-bond acceptors (Lipinski definition) is 3. The summed E-state index contributed by atoms with van der Waals surface area (Å²) >= 11 is 3.49. The van der Waals surface area contributed by atoms with Crippen molar-refractivity contribution in [1.82, 2.24) is 10.3 Å². The number of hydrogen-bond donors (Lipinski definition) is 1. The topological polar surface area (TPSA) is 34.2 Å². The summed E-state index contributed by atoms with van der Waals surface area (Å²) in [6.07, 6.45) is 7.10. The molecule has 0 amide bonds. The molecule has 4 heteroatoms. The van der Waals surface area contributed by atoms with Gasteiger partial charge in [-0.3, -0.25) is 0 Å². The Morgan fingerprint density at radius 1 is 1.35 bits per heavy atom. The van der Waals surface area contributed by atoms with Gasteiger partial charge in [-0.25, -0.2) is 4.98 Å². The Hall–Kier alpha value is -0.610. The van der Waals surface area contributed by atoms with Crippen LogP contribution in [0.3, 0.4) is 0 Å². The minimum atomic E-state index is 0.0883. The lowest BCUT2D eigenvalue weighted by atomic mass is 10.1. The number of ether oxygens (including phenoxy) is 1. The van der Waals surface area contributed by atoms with Gasteiger partial charge in [0.05, 0.1) is 6.61 Å². The molecule has 1 aromatic heterocycles. The molecule has 0 bridgehead atoms. The molecule has 112 valence electrons. The lowest BCUT2D eigenvalue weighted by molar-refractivity contribution is 0.240. The number of rotatable bonds is 5. The first-order valence-electron chi connectivity index (χ1n) is 7.46. The highest BCUT2D eigenvalue weighted by Gasteiger charge is 2.17. The molecular formula is C16H25BrN2O. The van der Waals surface area contributed by atoms with E-state index in [0.29, 0.717) is 5.92 Å². The van der Waals surface area contributed by atoms with Crippen LogP contribution in [0.1, 0.15) is 52.0 Å². The maximum Gasteiger partial charge on any atom is 0.217 e. The maximum absolute atomic E-state index is 5.97. The minimum Gasteiger partial charge on any atom is -0.477 e. The molecule has 0 saturated heterocycles. The van der Waals surface area contributed by atoms with Crippen molar-refractivity contribution in [3.05, 3.63) is 22.3 Å². The van der Waals surface area contributed by atoms with Crippen molar-refractivity contribution in [2.45, 2.75) is 58.5 Å². The first kappa shape index (κ1) is 15.8. The number of nitrogens with zero attached hydrogens (tertiary/aromatic N) is 1. The van der Waals surface area contributed by atoms with Gasteiger partial charge in [0.25, 0.3) is 0 Å². The Labute approximate surface area is 130 Å². The van der Waals surface area contributed by atoms with Crippen LogP contribution in [0.4, 0.5) is 0 Å². The zero-order valence-electron chi connectivity index (χ0n) is 12.7. The van der Waals surface area contributed by atoms with Gasteiger partial charge in [-0.2, -0.15) is 0 Å². The van der Waals surface area contributed by atoms with Gasteiger partial charge < -0.3 is 10.1 Å². The Kier molecular flexibility index (Phi) is 5.44. The van der Waals surface area contributed by atoms with Crippen LogP contribution in [-0.2, 0) is 6.54 Å². The molecule has 20 heavy (non-hydrogen) atoms. The lowest BCUT2D eigenvalue weighted by Gasteiger charge is -2.21. The van der Waals surface area contributed by atoms with Crippen LogP contribution in [-0.4, -0.2) is 17.1 Å². The van der Waals surface area contributed by atoms with E-state index >= 15 is 0 Å². The van der Waals surface area contributed by atoms with Crippen LogP contribution in [0, 0.1) is 5.92 Å². The molecule has 1 N–H and O–H groups in total. The highest BCUT2D eigenvalue weighted by Crippen LogP contribution is 2.27. The fourth-order valence-electron chi connectivity index (χ4n) is 2.46. The normalized spacial score (nSPS) is 16.6. The Bertz CT molecular complexity index is 437. The quantitative estimate of drug-likeness (QED) is 0.867. The zero-order chi connectivity index (χ0) is 14.6. The van der Waals surface area contributed by atoms with E-state index < -0.39 is 0 Å². The Balaban J connectivity index is 1.99. The van der Waals surface area contributed by atoms with Gasteiger partial charge in [0, 0.05) is 28.3 Å². The summed E-state index contributed by atoms with van der Waals surface area (Å²) < 4.78 is 6.97. The Morgan fingerprint density at radius 3 is 2.70 bits per heavy atom. The van der Waals surface area contributed by atoms with Crippen molar-refractivity contribution in [2.24, 2.45) is 5.92 Å². The SMILES string of the molecule is CC(C)(C)NCc1cc(Br)cnc1OCC1CCCC1.